The number of halogens is 3. The zero-order valence-corrected chi connectivity index (χ0v) is 15.3. The maximum absolute atomic E-state index is 12.7. The van der Waals surface area contributed by atoms with Crippen LogP contribution < -0.4 is 0 Å². The van der Waals surface area contributed by atoms with E-state index < -0.39 is 24.5 Å². The maximum Gasteiger partial charge on any atom is 0.406 e. The number of piperidine rings is 1. The minimum Gasteiger partial charge on any atom is -0.343 e. The quantitative estimate of drug-likeness (QED) is 0.678. The summed E-state index contributed by atoms with van der Waals surface area (Å²) in [5, 5.41) is 0. The predicted octanol–water partition coefficient (Wildman–Crippen LogP) is 3.43. The van der Waals surface area contributed by atoms with Gasteiger partial charge < -0.3 is 9.80 Å². The molecular formula is C20H25F3N2O2. The van der Waals surface area contributed by atoms with E-state index in [1.54, 1.807) is 4.90 Å². The number of aryl methyl sites for hydroxylation is 1. The van der Waals surface area contributed by atoms with Crippen molar-refractivity contribution >= 4 is 11.8 Å². The predicted molar refractivity (Wildman–Crippen MR) is 96.9 cm³/mol. The number of benzene rings is 1. The summed E-state index contributed by atoms with van der Waals surface area (Å²) in [6.07, 6.45) is -1.32. The fraction of sp³-hybridized carbons (Fsp3) is 0.500. The smallest absolute Gasteiger partial charge is 0.343 e. The van der Waals surface area contributed by atoms with Crippen molar-refractivity contribution in [1.82, 2.24) is 9.80 Å². The van der Waals surface area contributed by atoms with Crippen LogP contribution in [0.25, 0.3) is 0 Å². The van der Waals surface area contributed by atoms with Crippen LogP contribution in [0.5, 0.6) is 0 Å². The molecule has 1 saturated heterocycles. The summed E-state index contributed by atoms with van der Waals surface area (Å²) in [4.78, 5) is 27.3. The number of rotatable bonds is 7. The summed E-state index contributed by atoms with van der Waals surface area (Å²) >= 11 is 0. The van der Waals surface area contributed by atoms with Gasteiger partial charge in [0.2, 0.25) is 11.8 Å². The third kappa shape index (κ3) is 6.73. The SMILES string of the molecule is C=CCN(CC(F)(F)F)C(=O)C1CCN(C(=O)CCc2ccccc2)CC1. The van der Waals surface area contributed by atoms with E-state index in [0.29, 0.717) is 38.8 Å². The highest BCUT2D eigenvalue weighted by molar-refractivity contribution is 5.80. The zero-order chi connectivity index (χ0) is 19.9. The van der Waals surface area contributed by atoms with Crippen molar-refractivity contribution in [3.63, 3.8) is 0 Å². The number of alkyl halides is 3. The summed E-state index contributed by atoms with van der Waals surface area (Å²) in [6.45, 7) is 2.83. The molecule has 4 nitrogen and oxygen atoms in total. The van der Waals surface area contributed by atoms with Crippen LogP contribution in [0.4, 0.5) is 13.2 Å². The molecule has 0 aliphatic carbocycles. The molecule has 1 aromatic carbocycles. The number of carbonyl (C=O) groups excluding carboxylic acids is 2. The van der Waals surface area contributed by atoms with Gasteiger partial charge in [-0.15, -0.1) is 6.58 Å². The molecule has 1 fully saturated rings. The lowest BCUT2D eigenvalue weighted by atomic mass is 9.94. The summed E-state index contributed by atoms with van der Waals surface area (Å²) in [5.41, 5.74) is 1.09. The molecule has 0 saturated carbocycles. The van der Waals surface area contributed by atoms with E-state index in [-0.39, 0.29) is 12.5 Å². The standard InChI is InChI=1S/C20H25F3N2O2/c1-2-12-25(15-20(21,22)23)19(27)17-10-13-24(14-11-17)18(26)9-8-16-6-4-3-5-7-16/h2-7,17H,1,8-15H2. The first-order valence-corrected chi connectivity index (χ1v) is 9.08. The molecule has 0 aromatic heterocycles. The van der Waals surface area contributed by atoms with Crippen molar-refractivity contribution in [1.29, 1.82) is 0 Å². The molecule has 0 unspecified atom stereocenters. The molecule has 2 rings (SSSR count). The van der Waals surface area contributed by atoms with Crippen molar-refractivity contribution in [3.8, 4) is 0 Å². The number of likely N-dealkylation sites (tertiary alicyclic amines) is 1. The number of hydrogen-bond acceptors (Lipinski definition) is 2. The first kappa shape index (κ1) is 21.0. The number of nitrogens with zero attached hydrogens (tertiary/aromatic N) is 2. The molecule has 1 aliphatic heterocycles. The molecule has 7 heteroatoms. The molecule has 2 amide bonds. The molecule has 0 atom stereocenters. The second-order valence-electron chi connectivity index (χ2n) is 6.76. The van der Waals surface area contributed by atoms with Crippen LogP contribution in [0.2, 0.25) is 0 Å². The first-order valence-electron chi connectivity index (χ1n) is 9.08. The molecule has 1 aromatic rings. The molecule has 1 heterocycles. The fourth-order valence-electron chi connectivity index (χ4n) is 3.29. The Bertz CT molecular complexity index is 638. The Morgan fingerprint density at radius 1 is 1.19 bits per heavy atom. The van der Waals surface area contributed by atoms with Gasteiger partial charge in [0.05, 0.1) is 0 Å². The minimum absolute atomic E-state index is 0.0167. The first-order chi connectivity index (χ1) is 12.8. The lowest BCUT2D eigenvalue weighted by Gasteiger charge is -2.34. The lowest BCUT2D eigenvalue weighted by Crippen LogP contribution is -2.46. The Labute approximate surface area is 157 Å². The maximum atomic E-state index is 12.7. The fourth-order valence-corrected chi connectivity index (χ4v) is 3.29. The number of amides is 2. The second-order valence-corrected chi connectivity index (χ2v) is 6.76. The third-order valence-corrected chi connectivity index (χ3v) is 4.70. The molecule has 0 bridgehead atoms. The van der Waals surface area contributed by atoms with Gasteiger partial charge in [-0.1, -0.05) is 36.4 Å². The zero-order valence-electron chi connectivity index (χ0n) is 15.3. The third-order valence-electron chi connectivity index (χ3n) is 4.70. The van der Waals surface area contributed by atoms with Crippen LogP contribution in [-0.4, -0.2) is 54.0 Å². The Kier molecular flexibility index (Phi) is 7.45. The van der Waals surface area contributed by atoms with E-state index in [4.69, 9.17) is 0 Å². The van der Waals surface area contributed by atoms with Crippen molar-refractivity contribution < 1.29 is 22.8 Å². The number of carbonyl (C=O) groups is 2. The van der Waals surface area contributed by atoms with E-state index in [0.717, 1.165) is 10.5 Å². The molecule has 0 radical (unpaired) electrons. The lowest BCUT2D eigenvalue weighted by molar-refractivity contribution is -0.163. The van der Waals surface area contributed by atoms with E-state index in [2.05, 4.69) is 6.58 Å². The highest BCUT2D eigenvalue weighted by Crippen LogP contribution is 2.23. The minimum atomic E-state index is -4.44. The highest BCUT2D eigenvalue weighted by Gasteiger charge is 2.36. The summed E-state index contributed by atoms with van der Waals surface area (Å²) in [7, 11) is 0. The highest BCUT2D eigenvalue weighted by atomic mass is 19.4. The van der Waals surface area contributed by atoms with Gasteiger partial charge in [0, 0.05) is 32.0 Å². The van der Waals surface area contributed by atoms with Gasteiger partial charge in [0.25, 0.3) is 0 Å². The van der Waals surface area contributed by atoms with Crippen LogP contribution in [0.15, 0.2) is 43.0 Å². The summed E-state index contributed by atoms with van der Waals surface area (Å²) in [6, 6.07) is 9.70. The van der Waals surface area contributed by atoms with Crippen LogP contribution in [0.3, 0.4) is 0 Å². The average Bonchev–Trinajstić information content (AvgIpc) is 2.65. The Morgan fingerprint density at radius 2 is 1.81 bits per heavy atom. The van der Waals surface area contributed by atoms with Crippen LogP contribution >= 0.6 is 0 Å². The van der Waals surface area contributed by atoms with Crippen molar-refractivity contribution in [2.75, 3.05) is 26.2 Å². The van der Waals surface area contributed by atoms with Crippen LogP contribution in [0, 0.1) is 5.92 Å². The van der Waals surface area contributed by atoms with Gasteiger partial charge in [0.15, 0.2) is 0 Å². The van der Waals surface area contributed by atoms with E-state index in [9.17, 15) is 22.8 Å². The van der Waals surface area contributed by atoms with Gasteiger partial charge in [-0.2, -0.15) is 13.2 Å². The monoisotopic (exact) mass is 382 g/mol. The van der Waals surface area contributed by atoms with Crippen LogP contribution in [0.1, 0.15) is 24.8 Å². The van der Waals surface area contributed by atoms with Gasteiger partial charge >= 0.3 is 6.18 Å². The normalized spacial score (nSPS) is 15.4. The Hall–Kier alpha value is -2.31. The summed E-state index contributed by atoms with van der Waals surface area (Å²) < 4.78 is 38.0. The van der Waals surface area contributed by atoms with Gasteiger partial charge in [-0.3, -0.25) is 9.59 Å². The average molecular weight is 382 g/mol. The number of hydrogen-bond donors (Lipinski definition) is 0. The molecule has 148 valence electrons. The topological polar surface area (TPSA) is 40.6 Å². The Morgan fingerprint density at radius 3 is 2.37 bits per heavy atom. The largest absolute Gasteiger partial charge is 0.406 e. The Balaban J connectivity index is 1.83. The van der Waals surface area contributed by atoms with Gasteiger partial charge in [0.1, 0.15) is 6.54 Å². The molecular weight excluding hydrogens is 357 g/mol. The van der Waals surface area contributed by atoms with E-state index in [1.165, 1.54) is 6.08 Å². The van der Waals surface area contributed by atoms with Crippen molar-refractivity contribution in [3.05, 3.63) is 48.6 Å². The molecule has 27 heavy (non-hydrogen) atoms. The summed E-state index contributed by atoms with van der Waals surface area (Å²) in [5.74, 6) is -0.975. The van der Waals surface area contributed by atoms with E-state index in [1.807, 2.05) is 30.3 Å². The van der Waals surface area contributed by atoms with E-state index >= 15 is 0 Å². The van der Waals surface area contributed by atoms with Crippen LogP contribution in [-0.2, 0) is 16.0 Å². The van der Waals surface area contributed by atoms with Gasteiger partial charge in [-0.25, -0.2) is 0 Å². The molecule has 1 aliphatic rings. The van der Waals surface area contributed by atoms with Gasteiger partial charge in [-0.05, 0) is 24.8 Å². The van der Waals surface area contributed by atoms with Crippen molar-refractivity contribution in [2.24, 2.45) is 5.92 Å². The molecule has 0 spiro atoms. The second kappa shape index (κ2) is 9.58. The molecule has 0 N–H and O–H groups in total. The van der Waals surface area contributed by atoms with Crippen molar-refractivity contribution in [2.45, 2.75) is 31.9 Å².